The fourth-order valence-corrected chi connectivity index (χ4v) is 4.02. The molecule has 19 heavy (non-hydrogen) atoms. The Kier molecular flexibility index (Phi) is 4.82. The van der Waals surface area contributed by atoms with Crippen molar-refractivity contribution in [3.05, 3.63) is 29.8 Å². The third kappa shape index (κ3) is 4.51. The number of aromatic hydroxyl groups is 1. The lowest BCUT2D eigenvalue weighted by Gasteiger charge is -2.21. The molecule has 0 aromatic heterocycles. The molecule has 4 nitrogen and oxygen atoms in total. The SMILES string of the molecule is O=S(=O)(CC1CCCCC1)NCc1ccccc1O. The Bertz CT molecular complexity index is 507. The molecule has 2 rings (SSSR count). The molecule has 0 spiro atoms. The van der Waals surface area contributed by atoms with Crippen molar-refractivity contribution in [1.29, 1.82) is 0 Å². The van der Waals surface area contributed by atoms with Crippen LogP contribution in [-0.2, 0) is 16.6 Å². The fourth-order valence-electron chi connectivity index (χ4n) is 2.57. The summed E-state index contributed by atoms with van der Waals surface area (Å²) in [6.45, 7) is 0.154. The minimum Gasteiger partial charge on any atom is -0.508 e. The van der Waals surface area contributed by atoms with E-state index >= 15 is 0 Å². The predicted molar refractivity (Wildman–Crippen MR) is 75.3 cm³/mol. The van der Waals surface area contributed by atoms with Gasteiger partial charge >= 0.3 is 0 Å². The monoisotopic (exact) mass is 283 g/mol. The third-order valence-corrected chi connectivity index (χ3v) is 5.15. The molecule has 0 atom stereocenters. The number of nitrogens with one attached hydrogen (secondary N) is 1. The number of phenolic OH excluding ortho intramolecular Hbond substituents is 1. The summed E-state index contributed by atoms with van der Waals surface area (Å²) in [5.74, 6) is 0.624. The minimum absolute atomic E-state index is 0.128. The van der Waals surface area contributed by atoms with Crippen LogP contribution in [0, 0.1) is 5.92 Å². The van der Waals surface area contributed by atoms with E-state index in [0.29, 0.717) is 5.56 Å². The van der Waals surface area contributed by atoms with Crippen LogP contribution >= 0.6 is 0 Å². The minimum atomic E-state index is -3.26. The maximum Gasteiger partial charge on any atom is 0.212 e. The molecular formula is C14H21NO3S. The van der Waals surface area contributed by atoms with E-state index in [9.17, 15) is 13.5 Å². The Hall–Kier alpha value is -1.07. The van der Waals surface area contributed by atoms with Gasteiger partial charge in [-0.05, 0) is 24.8 Å². The first-order valence-electron chi connectivity index (χ1n) is 6.81. The molecule has 0 amide bonds. The van der Waals surface area contributed by atoms with Crippen molar-refractivity contribution in [2.24, 2.45) is 5.92 Å². The predicted octanol–water partition coefficient (Wildman–Crippen LogP) is 2.39. The van der Waals surface area contributed by atoms with E-state index in [2.05, 4.69) is 4.72 Å². The summed E-state index contributed by atoms with van der Waals surface area (Å²) in [5, 5.41) is 9.59. The number of benzene rings is 1. The van der Waals surface area contributed by atoms with Crippen molar-refractivity contribution in [1.82, 2.24) is 4.72 Å². The summed E-state index contributed by atoms with van der Waals surface area (Å²) in [6, 6.07) is 6.78. The van der Waals surface area contributed by atoms with Crippen LogP contribution in [0.3, 0.4) is 0 Å². The van der Waals surface area contributed by atoms with Crippen molar-refractivity contribution >= 4 is 10.0 Å². The third-order valence-electron chi connectivity index (χ3n) is 3.65. The average Bonchev–Trinajstić information content (AvgIpc) is 2.38. The normalized spacial score (nSPS) is 17.5. The highest BCUT2D eigenvalue weighted by Crippen LogP contribution is 2.24. The highest BCUT2D eigenvalue weighted by Gasteiger charge is 2.21. The molecule has 1 fully saturated rings. The van der Waals surface area contributed by atoms with Gasteiger partial charge in [0.25, 0.3) is 0 Å². The van der Waals surface area contributed by atoms with Gasteiger partial charge in [-0.2, -0.15) is 0 Å². The van der Waals surface area contributed by atoms with E-state index in [1.54, 1.807) is 24.3 Å². The standard InChI is InChI=1S/C14H21NO3S/c16-14-9-5-4-8-13(14)10-15-19(17,18)11-12-6-2-1-3-7-12/h4-5,8-9,12,15-16H,1-3,6-7,10-11H2. The smallest absolute Gasteiger partial charge is 0.212 e. The van der Waals surface area contributed by atoms with Crippen molar-refractivity contribution < 1.29 is 13.5 Å². The van der Waals surface area contributed by atoms with Crippen LogP contribution in [0.5, 0.6) is 5.75 Å². The van der Waals surface area contributed by atoms with Crippen molar-refractivity contribution in [3.63, 3.8) is 0 Å². The van der Waals surface area contributed by atoms with Crippen molar-refractivity contribution in [2.45, 2.75) is 38.6 Å². The summed E-state index contributed by atoms with van der Waals surface area (Å²) in [6.07, 6.45) is 5.52. The molecule has 5 heteroatoms. The lowest BCUT2D eigenvalue weighted by molar-refractivity contribution is 0.384. The molecular weight excluding hydrogens is 262 g/mol. The Morgan fingerprint density at radius 2 is 1.84 bits per heavy atom. The van der Waals surface area contributed by atoms with Gasteiger partial charge in [-0.1, -0.05) is 37.5 Å². The quantitative estimate of drug-likeness (QED) is 0.872. The second kappa shape index (κ2) is 6.39. The number of para-hydroxylation sites is 1. The largest absolute Gasteiger partial charge is 0.508 e. The van der Waals surface area contributed by atoms with Crippen LogP contribution in [0.4, 0.5) is 0 Å². The van der Waals surface area contributed by atoms with Gasteiger partial charge in [-0.3, -0.25) is 0 Å². The maximum absolute atomic E-state index is 12.0. The van der Waals surface area contributed by atoms with Crippen LogP contribution in [0.1, 0.15) is 37.7 Å². The Labute approximate surface area is 114 Å². The zero-order valence-electron chi connectivity index (χ0n) is 11.0. The highest BCUT2D eigenvalue weighted by atomic mass is 32.2. The molecule has 0 saturated heterocycles. The van der Waals surface area contributed by atoms with Gasteiger partial charge in [-0.25, -0.2) is 13.1 Å². The summed E-state index contributed by atoms with van der Waals surface area (Å²) < 4.78 is 26.6. The van der Waals surface area contributed by atoms with E-state index in [0.717, 1.165) is 25.7 Å². The van der Waals surface area contributed by atoms with Crippen LogP contribution in [0.2, 0.25) is 0 Å². The molecule has 1 saturated carbocycles. The lowest BCUT2D eigenvalue weighted by Crippen LogP contribution is -2.30. The fraction of sp³-hybridized carbons (Fsp3) is 0.571. The summed E-state index contributed by atoms with van der Waals surface area (Å²) in [4.78, 5) is 0. The van der Waals surface area contributed by atoms with Gasteiger partial charge in [0.05, 0.1) is 5.75 Å². The van der Waals surface area contributed by atoms with Gasteiger partial charge < -0.3 is 5.11 Å². The number of hydrogen-bond donors (Lipinski definition) is 2. The number of hydrogen-bond acceptors (Lipinski definition) is 3. The summed E-state index contributed by atoms with van der Waals surface area (Å²) in [5.41, 5.74) is 0.606. The molecule has 1 aromatic carbocycles. The Morgan fingerprint density at radius 3 is 2.53 bits per heavy atom. The van der Waals surface area contributed by atoms with E-state index < -0.39 is 10.0 Å². The average molecular weight is 283 g/mol. The maximum atomic E-state index is 12.0. The first-order valence-corrected chi connectivity index (χ1v) is 8.46. The molecule has 1 aromatic rings. The van der Waals surface area contributed by atoms with Gasteiger partial charge in [-0.15, -0.1) is 0 Å². The molecule has 0 aliphatic heterocycles. The molecule has 0 bridgehead atoms. The van der Waals surface area contributed by atoms with Crippen molar-refractivity contribution in [2.75, 3.05) is 5.75 Å². The molecule has 2 N–H and O–H groups in total. The van der Waals surface area contributed by atoms with Crippen LogP contribution in [0.25, 0.3) is 0 Å². The molecule has 1 aliphatic carbocycles. The Balaban J connectivity index is 1.88. The van der Waals surface area contributed by atoms with E-state index in [1.807, 2.05) is 0 Å². The van der Waals surface area contributed by atoms with E-state index in [-0.39, 0.29) is 24.0 Å². The van der Waals surface area contributed by atoms with Crippen LogP contribution in [-0.4, -0.2) is 19.3 Å². The number of phenols is 1. The summed E-state index contributed by atoms with van der Waals surface area (Å²) >= 11 is 0. The van der Waals surface area contributed by atoms with E-state index in [4.69, 9.17) is 0 Å². The zero-order valence-corrected chi connectivity index (χ0v) is 11.8. The van der Waals surface area contributed by atoms with Crippen molar-refractivity contribution in [3.8, 4) is 5.75 Å². The number of rotatable bonds is 5. The summed E-state index contributed by atoms with van der Waals surface area (Å²) in [7, 11) is -3.26. The van der Waals surface area contributed by atoms with Gasteiger partial charge in [0, 0.05) is 12.1 Å². The first kappa shape index (κ1) is 14.3. The highest BCUT2D eigenvalue weighted by molar-refractivity contribution is 7.89. The van der Waals surface area contributed by atoms with Gasteiger partial charge in [0.2, 0.25) is 10.0 Å². The molecule has 106 valence electrons. The zero-order chi connectivity index (χ0) is 13.7. The van der Waals surface area contributed by atoms with Gasteiger partial charge in [0.1, 0.15) is 5.75 Å². The van der Waals surface area contributed by atoms with Crippen LogP contribution < -0.4 is 4.72 Å². The second-order valence-electron chi connectivity index (χ2n) is 5.24. The molecule has 0 heterocycles. The van der Waals surface area contributed by atoms with E-state index in [1.165, 1.54) is 6.42 Å². The molecule has 0 radical (unpaired) electrons. The molecule has 0 unspecified atom stereocenters. The molecule has 1 aliphatic rings. The van der Waals surface area contributed by atoms with Gasteiger partial charge in [0.15, 0.2) is 0 Å². The first-order chi connectivity index (χ1) is 9.07. The van der Waals surface area contributed by atoms with Crippen LogP contribution in [0.15, 0.2) is 24.3 Å². The second-order valence-corrected chi connectivity index (χ2v) is 7.09. The Morgan fingerprint density at radius 1 is 1.16 bits per heavy atom. The lowest BCUT2D eigenvalue weighted by atomic mass is 9.91. The topological polar surface area (TPSA) is 66.4 Å². The number of sulfonamides is 1.